The number of nitrogens with one attached hydrogen (secondary N) is 1. The number of nitrogens with zero attached hydrogens (tertiary/aromatic N) is 2. The number of ether oxygens (including phenoxy) is 2. The standard InChI is InChI=1S/C29H39N3O6/c1-7-19-11-20(10-18(5)28(19)37-16-23(34)14-30-25(35)15-33)27-24(8-2)38-29(32-27)21-12-22(9-17(3)4)31-26(13-21)36-6/h10-13,17,23,33-34H,7-9,14-16H2,1-6H3,(H,30,35). The second-order valence-corrected chi connectivity index (χ2v) is 9.69. The first-order valence-corrected chi connectivity index (χ1v) is 13.1. The van der Waals surface area contributed by atoms with Gasteiger partial charge in [0.05, 0.1) is 7.11 Å². The number of oxazole rings is 1. The van der Waals surface area contributed by atoms with Gasteiger partial charge < -0.3 is 29.4 Å². The molecule has 9 heteroatoms. The molecule has 206 valence electrons. The van der Waals surface area contributed by atoms with E-state index in [0.29, 0.717) is 36.3 Å². The Bertz CT molecular complexity index is 1240. The summed E-state index contributed by atoms with van der Waals surface area (Å²) in [5.41, 5.74) is 5.34. The molecule has 0 fully saturated rings. The summed E-state index contributed by atoms with van der Waals surface area (Å²) >= 11 is 0. The highest BCUT2D eigenvalue weighted by Crippen LogP contribution is 2.35. The fourth-order valence-electron chi connectivity index (χ4n) is 4.23. The third kappa shape index (κ3) is 7.33. The summed E-state index contributed by atoms with van der Waals surface area (Å²) in [6.45, 7) is 9.72. The highest BCUT2D eigenvalue weighted by atomic mass is 16.5. The lowest BCUT2D eigenvalue weighted by Crippen LogP contribution is -2.36. The molecule has 1 amide bonds. The molecule has 2 aromatic heterocycles. The molecule has 9 nitrogen and oxygen atoms in total. The number of aryl methyl sites for hydroxylation is 3. The van der Waals surface area contributed by atoms with Crippen molar-refractivity contribution >= 4 is 5.91 Å². The van der Waals surface area contributed by atoms with Crippen LogP contribution < -0.4 is 14.8 Å². The molecule has 0 aliphatic carbocycles. The van der Waals surface area contributed by atoms with E-state index in [1.54, 1.807) is 7.11 Å². The van der Waals surface area contributed by atoms with E-state index in [9.17, 15) is 9.90 Å². The number of carbonyl (C=O) groups excluding carboxylic acids is 1. The number of aliphatic hydroxyl groups is 2. The molecular weight excluding hydrogens is 486 g/mol. The average molecular weight is 526 g/mol. The topological polar surface area (TPSA) is 127 Å². The Balaban J connectivity index is 1.91. The minimum atomic E-state index is -0.906. The summed E-state index contributed by atoms with van der Waals surface area (Å²) in [5, 5.41) is 21.4. The van der Waals surface area contributed by atoms with Gasteiger partial charge in [-0.2, -0.15) is 0 Å². The third-order valence-corrected chi connectivity index (χ3v) is 6.05. The van der Waals surface area contributed by atoms with Crippen molar-refractivity contribution in [1.29, 1.82) is 0 Å². The molecule has 0 bridgehead atoms. The zero-order valence-corrected chi connectivity index (χ0v) is 23.1. The van der Waals surface area contributed by atoms with E-state index in [4.69, 9.17) is 24.0 Å². The molecule has 38 heavy (non-hydrogen) atoms. The number of methoxy groups -OCH3 is 1. The van der Waals surface area contributed by atoms with E-state index in [-0.39, 0.29) is 13.2 Å². The molecule has 2 heterocycles. The van der Waals surface area contributed by atoms with Crippen LogP contribution in [0.3, 0.4) is 0 Å². The second-order valence-electron chi connectivity index (χ2n) is 9.69. The van der Waals surface area contributed by atoms with Crippen LogP contribution in [0.1, 0.15) is 50.3 Å². The quantitative estimate of drug-likeness (QED) is 0.307. The van der Waals surface area contributed by atoms with Crippen molar-refractivity contribution < 1.29 is 28.9 Å². The number of hydrogen-bond acceptors (Lipinski definition) is 8. The fraction of sp³-hybridized carbons (Fsp3) is 0.483. The summed E-state index contributed by atoms with van der Waals surface area (Å²) in [6, 6.07) is 7.89. The fourth-order valence-corrected chi connectivity index (χ4v) is 4.23. The normalized spacial score (nSPS) is 12.0. The third-order valence-electron chi connectivity index (χ3n) is 6.05. The number of carbonyl (C=O) groups is 1. The summed E-state index contributed by atoms with van der Waals surface area (Å²) in [7, 11) is 1.60. The largest absolute Gasteiger partial charge is 0.490 e. The number of aromatic nitrogens is 2. The van der Waals surface area contributed by atoms with Crippen LogP contribution in [0.25, 0.3) is 22.7 Å². The van der Waals surface area contributed by atoms with Crippen molar-refractivity contribution in [2.24, 2.45) is 5.92 Å². The van der Waals surface area contributed by atoms with E-state index < -0.39 is 18.6 Å². The Kier molecular flexibility index (Phi) is 10.3. The van der Waals surface area contributed by atoms with Crippen molar-refractivity contribution in [2.45, 2.75) is 60.0 Å². The highest BCUT2D eigenvalue weighted by molar-refractivity contribution is 5.76. The maximum absolute atomic E-state index is 11.2. The number of amides is 1. The molecule has 1 aromatic carbocycles. The smallest absolute Gasteiger partial charge is 0.245 e. The van der Waals surface area contributed by atoms with Gasteiger partial charge in [0.25, 0.3) is 0 Å². The van der Waals surface area contributed by atoms with E-state index in [2.05, 4.69) is 24.1 Å². The monoisotopic (exact) mass is 525 g/mol. The molecular formula is C29H39N3O6. The van der Waals surface area contributed by atoms with Crippen LogP contribution >= 0.6 is 0 Å². The van der Waals surface area contributed by atoms with Crippen LogP contribution in [-0.2, 0) is 24.1 Å². The van der Waals surface area contributed by atoms with Crippen LogP contribution in [0.4, 0.5) is 0 Å². The summed E-state index contributed by atoms with van der Waals surface area (Å²) in [4.78, 5) is 20.7. The lowest BCUT2D eigenvalue weighted by Gasteiger charge is -2.18. The van der Waals surface area contributed by atoms with Crippen molar-refractivity contribution in [3.8, 4) is 34.3 Å². The second kappa shape index (κ2) is 13.4. The minimum absolute atomic E-state index is 0.00175. The molecule has 3 aromatic rings. The van der Waals surface area contributed by atoms with Gasteiger partial charge in [-0.3, -0.25) is 4.79 Å². The van der Waals surface area contributed by atoms with Gasteiger partial charge >= 0.3 is 0 Å². The number of aliphatic hydroxyl groups excluding tert-OH is 2. The maximum atomic E-state index is 11.2. The Hall–Kier alpha value is -3.43. The first-order valence-electron chi connectivity index (χ1n) is 13.1. The molecule has 1 atom stereocenters. The highest BCUT2D eigenvalue weighted by Gasteiger charge is 2.20. The first kappa shape index (κ1) is 29.1. The molecule has 0 radical (unpaired) electrons. The van der Waals surface area contributed by atoms with Gasteiger partial charge in [-0.1, -0.05) is 27.7 Å². The predicted octanol–water partition coefficient (Wildman–Crippen LogP) is 3.89. The summed E-state index contributed by atoms with van der Waals surface area (Å²) in [5.74, 6) is 2.43. The zero-order valence-electron chi connectivity index (χ0n) is 23.1. The van der Waals surface area contributed by atoms with Gasteiger partial charge in [-0.15, -0.1) is 0 Å². The number of hydrogen-bond donors (Lipinski definition) is 3. The molecule has 0 aliphatic heterocycles. The van der Waals surface area contributed by atoms with Gasteiger partial charge in [0.1, 0.15) is 36.5 Å². The van der Waals surface area contributed by atoms with Gasteiger partial charge in [0.15, 0.2) is 0 Å². The van der Waals surface area contributed by atoms with Crippen LogP contribution in [0.2, 0.25) is 0 Å². The number of rotatable bonds is 13. The number of pyridine rings is 1. The first-order chi connectivity index (χ1) is 18.2. The van der Waals surface area contributed by atoms with Crippen LogP contribution in [0, 0.1) is 12.8 Å². The molecule has 0 saturated heterocycles. The van der Waals surface area contributed by atoms with Gasteiger partial charge in [0.2, 0.25) is 17.7 Å². The summed E-state index contributed by atoms with van der Waals surface area (Å²) < 4.78 is 17.6. The molecule has 3 rings (SSSR count). The zero-order chi connectivity index (χ0) is 27.8. The van der Waals surface area contributed by atoms with Gasteiger partial charge in [0, 0.05) is 35.9 Å². The van der Waals surface area contributed by atoms with Crippen molar-refractivity contribution in [3.63, 3.8) is 0 Å². The summed E-state index contributed by atoms with van der Waals surface area (Å²) in [6.07, 6.45) is 1.31. The molecule has 3 N–H and O–H groups in total. The van der Waals surface area contributed by atoms with Crippen LogP contribution in [0.15, 0.2) is 28.7 Å². The van der Waals surface area contributed by atoms with E-state index in [1.807, 2.05) is 45.0 Å². The van der Waals surface area contributed by atoms with Crippen LogP contribution in [-0.4, -0.2) is 59.1 Å². The van der Waals surface area contributed by atoms with Crippen molar-refractivity contribution in [1.82, 2.24) is 15.3 Å². The Morgan fingerprint density at radius 3 is 2.50 bits per heavy atom. The predicted molar refractivity (Wildman–Crippen MR) is 145 cm³/mol. The van der Waals surface area contributed by atoms with E-state index in [0.717, 1.165) is 45.8 Å². The maximum Gasteiger partial charge on any atom is 0.245 e. The van der Waals surface area contributed by atoms with Crippen LogP contribution in [0.5, 0.6) is 11.6 Å². The lowest BCUT2D eigenvalue weighted by atomic mass is 10.00. The Morgan fingerprint density at radius 1 is 1.11 bits per heavy atom. The van der Waals surface area contributed by atoms with E-state index >= 15 is 0 Å². The SMILES string of the molecule is CCc1cc(-c2nc(-c3cc(CC(C)C)nc(OC)c3)oc2CC)cc(C)c1OCC(O)CNC(=O)CO. The molecule has 0 saturated carbocycles. The molecule has 0 spiro atoms. The van der Waals surface area contributed by atoms with Gasteiger partial charge in [-0.25, -0.2) is 9.97 Å². The Morgan fingerprint density at radius 2 is 1.87 bits per heavy atom. The lowest BCUT2D eigenvalue weighted by molar-refractivity contribution is -0.124. The van der Waals surface area contributed by atoms with Crippen molar-refractivity contribution in [2.75, 3.05) is 26.9 Å². The van der Waals surface area contributed by atoms with Crippen molar-refractivity contribution in [3.05, 3.63) is 46.8 Å². The molecule has 0 aliphatic rings. The molecule has 1 unspecified atom stereocenters. The average Bonchev–Trinajstić information content (AvgIpc) is 3.34. The Labute approximate surface area is 224 Å². The minimum Gasteiger partial charge on any atom is -0.490 e. The van der Waals surface area contributed by atoms with Gasteiger partial charge in [-0.05, 0) is 55.0 Å². The number of benzene rings is 1. The van der Waals surface area contributed by atoms with E-state index in [1.165, 1.54) is 0 Å².